The zero-order valence-electron chi connectivity index (χ0n) is 11.2. The van der Waals surface area contributed by atoms with Crippen LogP contribution in [0.25, 0.3) is 0 Å². The molecule has 5 heteroatoms. The zero-order valence-corrected chi connectivity index (χ0v) is 11.2. The number of carbonyl (C=O) groups is 1. The molecule has 1 unspecified atom stereocenters. The summed E-state index contributed by atoms with van der Waals surface area (Å²) in [5.74, 6) is 0.195. The number of ether oxygens (including phenoxy) is 1. The second-order valence-electron chi connectivity index (χ2n) is 4.37. The molecule has 5 nitrogen and oxygen atoms in total. The molecule has 2 N–H and O–H groups in total. The van der Waals surface area contributed by atoms with E-state index in [0.29, 0.717) is 17.9 Å². The molecule has 0 aliphatic carbocycles. The summed E-state index contributed by atoms with van der Waals surface area (Å²) in [5, 5.41) is 12.5. The number of methoxy groups -OCH3 is 1. The van der Waals surface area contributed by atoms with Crippen LogP contribution >= 0.6 is 0 Å². The van der Waals surface area contributed by atoms with Crippen molar-refractivity contribution in [3.05, 3.63) is 59.5 Å². The van der Waals surface area contributed by atoms with E-state index >= 15 is 0 Å². The van der Waals surface area contributed by atoms with Crippen LogP contribution in [0.5, 0.6) is 0 Å². The van der Waals surface area contributed by atoms with Crippen LogP contribution in [0, 0.1) is 0 Å². The first-order valence-corrected chi connectivity index (χ1v) is 6.28. The van der Waals surface area contributed by atoms with Gasteiger partial charge in [-0.25, -0.2) is 0 Å². The van der Waals surface area contributed by atoms with Crippen molar-refractivity contribution in [1.29, 1.82) is 0 Å². The Morgan fingerprint density at radius 3 is 2.70 bits per heavy atom. The van der Waals surface area contributed by atoms with Gasteiger partial charge in [-0.2, -0.15) is 0 Å². The molecule has 0 fully saturated rings. The van der Waals surface area contributed by atoms with Gasteiger partial charge in [0.1, 0.15) is 11.9 Å². The van der Waals surface area contributed by atoms with E-state index in [1.165, 1.54) is 6.26 Å². The Balaban J connectivity index is 1.88. The number of amides is 1. The summed E-state index contributed by atoms with van der Waals surface area (Å²) in [6.45, 7) is 0.616. The zero-order chi connectivity index (χ0) is 14.4. The van der Waals surface area contributed by atoms with Gasteiger partial charge < -0.3 is 19.6 Å². The summed E-state index contributed by atoms with van der Waals surface area (Å²) < 4.78 is 10.1. The Bertz CT molecular complexity index is 534. The highest BCUT2D eigenvalue weighted by Crippen LogP contribution is 2.12. The smallest absolute Gasteiger partial charge is 0.251 e. The number of furan rings is 1. The highest BCUT2D eigenvalue weighted by atomic mass is 16.5. The Morgan fingerprint density at radius 2 is 2.10 bits per heavy atom. The molecule has 106 valence electrons. The highest BCUT2D eigenvalue weighted by molar-refractivity contribution is 5.94. The summed E-state index contributed by atoms with van der Waals surface area (Å²) in [5.41, 5.74) is 1.54. The molecular formula is C15H17NO4. The van der Waals surface area contributed by atoms with Crippen LogP contribution in [-0.4, -0.2) is 24.7 Å². The SMILES string of the molecule is COCc1ccc(C(=O)NCC(O)c2ccco2)cc1. The second kappa shape index (κ2) is 6.88. The van der Waals surface area contributed by atoms with Gasteiger partial charge in [0.25, 0.3) is 5.91 Å². The minimum Gasteiger partial charge on any atom is -0.467 e. The van der Waals surface area contributed by atoms with E-state index in [1.807, 2.05) is 12.1 Å². The Hall–Kier alpha value is -2.11. The Kier molecular flexibility index (Phi) is 4.92. The Labute approximate surface area is 117 Å². The van der Waals surface area contributed by atoms with Crippen molar-refractivity contribution in [2.24, 2.45) is 0 Å². The first-order chi connectivity index (χ1) is 9.70. The van der Waals surface area contributed by atoms with Crippen LogP contribution in [0.2, 0.25) is 0 Å². The first-order valence-electron chi connectivity index (χ1n) is 6.28. The molecule has 1 aromatic carbocycles. The van der Waals surface area contributed by atoms with E-state index in [0.717, 1.165) is 5.56 Å². The summed E-state index contributed by atoms with van der Waals surface area (Å²) in [7, 11) is 1.62. The van der Waals surface area contributed by atoms with Gasteiger partial charge in [-0.05, 0) is 29.8 Å². The third-order valence-corrected chi connectivity index (χ3v) is 2.85. The lowest BCUT2D eigenvalue weighted by molar-refractivity contribution is 0.0901. The molecule has 0 aliphatic heterocycles. The fraction of sp³-hybridized carbons (Fsp3) is 0.267. The normalized spacial score (nSPS) is 12.1. The van der Waals surface area contributed by atoms with Crippen LogP contribution in [0.4, 0.5) is 0 Å². The van der Waals surface area contributed by atoms with Crippen molar-refractivity contribution in [1.82, 2.24) is 5.32 Å². The number of nitrogens with one attached hydrogen (secondary N) is 1. The number of aliphatic hydroxyl groups is 1. The van der Waals surface area contributed by atoms with Gasteiger partial charge in [0.15, 0.2) is 0 Å². The minimum atomic E-state index is -0.846. The molecule has 0 saturated carbocycles. The van der Waals surface area contributed by atoms with E-state index in [1.54, 1.807) is 31.4 Å². The molecular weight excluding hydrogens is 258 g/mol. The largest absolute Gasteiger partial charge is 0.467 e. The second-order valence-corrected chi connectivity index (χ2v) is 4.37. The van der Waals surface area contributed by atoms with Gasteiger partial charge in [0.2, 0.25) is 0 Å². The number of rotatable bonds is 6. The third kappa shape index (κ3) is 3.69. The lowest BCUT2D eigenvalue weighted by atomic mass is 10.1. The van der Waals surface area contributed by atoms with Crippen LogP contribution in [0.15, 0.2) is 47.1 Å². The standard InChI is InChI=1S/C15H17NO4/c1-19-10-11-4-6-12(7-5-11)15(18)16-9-13(17)14-3-2-8-20-14/h2-8,13,17H,9-10H2,1H3,(H,16,18). The molecule has 0 saturated heterocycles. The van der Waals surface area contributed by atoms with Crippen molar-refractivity contribution in [2.45, 2.75) is 12.7 Å². The van der Waals surface area contributed by atoms with Crippen molar-refractivity contribution in [2.75, 3.05) is 13.7 Å². The molecule has 2 rings (SSSR count). The number of hydrogen-bond donors (Lipinski definition) is 2. The number of benzene rings is 1. The average Bonchev–Trinajstić information content (AvgIpc) is 3.00. The van der Waals surface area contributed by atoms with Crippen molar-refractivity contribution in [3.8, 4) is 0 Å². The highest BCUT2D eigenvalue weighted by Gasteiger charge is 2.12. The maximum atomic E-state index is 11.9. The number of carbonyl (C=O) groups excluding carboxylic acids is 1. The molecule has 0 aliphatic rings. The molecule has 20 heavy (non-hydrogen) atoms. The van der Waals surface area contributed by atoms with E-state index in [4.69, 9.17) is 9.15 Å². The van der Waals surface area contributed by atoms with E-state index in [-0.39, 0.29) is 12.5 Å². The summed E-state index contributed by atoms with van der Waals surface area (Å²) in [4.78, 5) is 11.9. The topological polar surface area (TPSA) is 71.7 Å². The van der Waals surface area contributed by atoms with Crippen LogP contribution in [0.3, 0.4) is 0 Å². The monoisotopic (exact) mass is 275 g/mol. The summed E-state index contributed by atoms with van der Waals surface area (Å²) in [6.07, 6.45) is 0.635. The van der Waals surface area contributed by atoms with Crippen molar-refractivity contribution >= 4 is 5.91 Å². The molecule has 0 spiro atoms. The molecule has 1 amide bonds. The van der Waals surface area contributed by atoms with Gasteiger partial charge in [0.05, 0.1) is 19.4 Å². The summed E-state index contributed by atoms with van der Waals surface area (Å²) in [6, 6.07) is 10.5. The van der Waals surface area contributed by atoms with E-state index in [9.17, 15) is 9.90 Å². The maximum Gasteiger partial charge on any atom is 0.251 e. The van der Waals surface area contributed by atoms with E-state index in [2.05, 4.69) is 5.32 Å². The van der Waals surface area contributed by atoms with Gasteiger partial charge in [-0.3, -0.25) is 4.79 Å². The van der Waals surface area contributed by atoms with Crippen molar-refractivity contribution < 1.29 is 19.1 Å². The van der Waals surface area contributed by atoms with Crippen LogP contribution in [0.1, 0.15) is 27.8 Å². The van der Waals surface area contributed by atoms with Gasteiger partial charge >= 0.3 is 0 Å². The number of aliphatic hydroxyl groups excluding tert-OH is 1. The fourth-order valence-electron chi connectivity index (χ4n) is 1.79. The van der Waals surface area contributed by atoms with Gasteiger partial charge in [0, 0.05) is 12.7 Å². The maximum absolute atomic E-state index is 11.9. The third-order valence-electron chi connectivity index (χ3n) is 2.85. The molecule has 0 radical (unpaired) electrons. The average molecular weight is 275 g/mol. The summed E-state index contributed by atoms with van der Waals surface area (Å²) >= 11 is 0. The first kappa shape index (κ1) is 14.3. The Morgan fingerprint density at radius 1 is 1.35 bits per heavy atom. The fourth-order valence-corrected chi connectivity index (χ4v) is 1.79. The number of hydrogen-bond acceptors (Lipinski definition) is 4. The molecule has 0 bridgehead atoms. The minimum absolute atomic E-state index is 0.103. The quantitative estimate of drug-likeness (QED) is 0.844. The van der Waals surface area contributed by atoms with Crippen LogP contribution < -0.4 is 5.32 Å². The predicted octanol–water partition coefficient (Wildman–Crippen LogP) is 1.89. The lowest BCUT2D eigenvalue weighted by Gasteiger charge is -2.10. The van der Waals surface area contributed by atoms with Crippen LogP contribution in [-0.2, 0) is 11.3 Å². The molecule has 2 aromatic rings. The molecule has 1 heterocycles. The van der Waals surface area contributed by atoms with Gasteiger partial charge in [-0.1, -0.05) is 12.1 Å². The van der Waals surface area contributed by atoms with E-state index < -0.39 is 6.10 Å². The molecule has 1 aromatic heterocycles. The molecule has 1 atom stereocenters. The lowest BCUT2D eigenvalue weighted by Crippen LogP contribution is -2.28. The predicted molar refractivity (Wildman–Crippen MR) is 73.2 cm³/mol. The van der Waals surface area contributed by atoms with Crippen molar-refractivity contribution in [3.63, 3.8) is 0 Å². The van der Waals surface area contributed by atoms with Gasteiger partial charge in [-0.15, -0.1) is 0 Å².